The number of ether oxygens (including phenoxy) is 1. The molecule has 1 aromatic carbocycles. The number of ketones is 1. The predicted molar refractivity (Wildman–Crippen MR) is 101 cm³/mol. The summed E-state index contributed by atoms with van der Waals surface area (Å²) >= 11 is 0. The largest absolute Gasteiger partial charge is 0.507 e. The lowest BCUT2D eigenvalue weighted by Crippen LogP contribution is -2.31. The van der Waals surface area contributed by atoms with Gasteiger partial charge in [-0.2, -0.15) is 0 Å². The average Bonchev–Trinajstić information content (AvgIpc) is 2.93. The van der Waals surface area contributed by atoms with Gasteiger partial charge in [0.1, 0.15) is 5.76 Å². The van der Waals surface area contributed by atoms with Crippen LogP contribution in [0.1, 0.15) is 29.2 Å². The predicted octanol–water partition coefficient (Wildman–Crippen LogP) is 2.85. The SMILES string of the molecule is COCCCN1C(=O)C(=O)/C(=C(\O)c2ccncc2)C1c1ccccc1C. The normalized spacial score (nSPS) is 18.9. The molecule has 27 heavy (non-hydrogen) atoms. The monoisotopic (exact) mass is 366 g/mol. The fraction of sp³-hybridized carbons (Fsp3) is 0.286. The molecular formula is C21H22N2O4. The minimum absolute atomic E-state index is 0.109. The van der Waals surface area contributed by atoms with Crippen LogP contribution in [0.4, 0.5) is 0 Å². The van der Waals surface area contributed by atoms with Crippen molar-refractivity contribution in [1.29, 1.82) is 0 Å². The minimum atomic E-state index is -0.671. The lowest BCUT2D eigenvalue weighted by Gasteiger charge is -2.26. The first kappa shape index (κ1) is 18.8. The van der Waals surface area contributed by atoms with E-state index in [4.69, 9.17) is 4.74 Å². The Morgan fingerprint density at radius 2 is 1.89 bits per heavy atom. The number of hydrogen-bond acceptors (Lipinski definition) is 5. The van der Waals surface area contributed by atoms with Crippen molar-refractivity contribution in [2.75, 3.05) is 20.3 Å². The molecule has 1 aliphatic heterocycles. The van der Waals surface area contributed by atoms with E-state index in [1.165, 1.54) is 17.3 Å². The molecule has 2 heterocycles. The average molecular weight is 366 g/mol. The van der Waals surface area contributed by atoms with Gasteiger partial charge in [-0.15, -0.1) is 0 Å². The third-order valence-electron chi connectivity index (χ3n) is 4.72. The Labute approximate surface area is 158 Å². The van der Waals surface area contributed by atoms with Gasteiger partial charge in [0, 0.05) is 38.2 Å². The third kappa shape index (κ3) is 3.61. The standard InChI is InChI=1S/C21H22N2O4/c1-14-6-3-4-7-16(14)18-17(19(24)15-8-10-22-11-9-15)20(25)21(26)23(18)12-5-13-27-2/h3-4,6-11,18,24H,5,12-13H2,1-2H3/b19-17-. The Hall–Kier alpha value is -2.99. The number of nitrogens with zero attached hydrogens (tertiary/aromatic N) is 2. The molecule has 1 saturated heterocycles. The van der Waals surface area contributed by atoms with Gasteiger partial charge in [0.2, 0.25) is 0 Å². The van der Waals surface area contributed by atoms with E-state index in [1.54, 1.807) is 19.2 Å². The van der Waals surface area contributed by atoms with Crippen LogP contribution in [0.25, 0.3) is 5.76 Å². The van der Waals surface area contributed by atoms with Crippen molar-refractivity contribution in [2.45, 2.75) is 19.4 Å². The third-order valence-corrected chi connectivity index (χ3v) is 4.72. The number of Topliss-reactive ketones (excluding diaryl/α,β-unsaturated/α-hetero) is 1. The molecule has 1 unspecified atom stereocenters. The van der Waals surface area contributed by atoms with Crippen LogP contribution in [0.15, 0.2) is 54.4 Å². The molecular weight excluding hydrogens is 344 g/mol. The Balaban J connectivity index is 2.14. The van der Waals surface area contributed by atoms with Crippen LogP contribution < -0.4 is 0 Å². The molecule has 1 fully saturated rings. The molecule has 3 rings (SSSR count). The van der Waals surface area contributed by atoms with Crippen LogP contribution in [0, 0.1) is 6.92 Å². The summed E-state index contributed by atoms with van der Waals surface area (Å²) in [5.41, 5.74) is 2.34. The first-order valence-corrected chi connectivity index (χ1v) is 8.79. The van der Waals surface area contributed by atoms with Gasteiger partial charge in [0.25, 0.3) is 11.7 Å². The quantitative estimate of drug-likeness (QED) is 0.368. The van der Waals surface area contributed by atoms with Crippen molar-refractivity contribution < 1.29 is 19.4 Å². The van der Waals surface area contributed by atoms with Crippen molar-refractivity contribution >= 4 is 17.4 Å². The molecule has 0 bridgehead atoms. The summed E-state index contributed by atoms with van der Waals surface area (Å²) in [7, 11) is 1.59. The zero-order valence-electron chi connectivity index (χ0n) is 15.4. The summed E-state index contributed by atoms with van der Waals surface area (Å²) in [6.45, 7) is 2.77. The van der Waals surface area contributed by atoms with Gasteiger partial charge in [0.15, 0.2) is 0 Å². The fourth-order valence-corrected chi connectivity index (χ4v) is 3.37. The molecule has 0 spiro atoms. The Bertz CT molecular complexity index is 877. The van der Waals surface area contributed by atoms with Gasteiger partial charge in [-0.05, 0) is 36.6 Å². The van der Waals surface area contributed by atoms with Gasteiger partial charge >= 0.3 is 0 Å². The highest BCUT2D eigenvalue weighted by Gasteiger charge is 2.46. The Kier molecular flexibility index (Phi) is 5.66. The van der Waals surface area contributed by atoms with Crippen molar-refractivity contribution in [1.82, 2.24) is 9.88 Å². The molecule has 140 valence electrons. The number of likely N-dealkylation sites (tertiary alicyclic amines) is 1. The van der Waals surface area contributed by atoms with Crippen molar-refractivity contribution in [2.24, 2.45) is 0 Å². The van der Waals surface area contributed by atoms with E-state index in [1.807, 2.05) is 31.2 Å². The maximum absolute atomic E-state index is 12.8. The molecule has 6 heteroatoms. The maximum Gasteiger partial charge on any atom is 0.295 e. The Morgan fingerprint density at radius 1 is 1.19 bits per heavy atom. The topological polar surface area (TPSA) is 79.7 Å². The second-order valence-corrected chi connectivity index (χ2v) is 6.43. The van der Waals surface area contributed by atoms with Crippen molar-refractivity contribution in [3.8, 4) is 0 Å². The highest BCUT2D eigenvalue weighted by molar-refractivity contribution is 6.46. The summed E-state index contributed by atoms with van der Waals surface area (Å²) in [6.07, 6.45) is 3.67. The number of rotatable bonds is 6. The molecule has 1 aromatic heterocycles. The van der Waals surface area contributed by atoms with Crippen LogP contribution in [0.2, 0.25) is 0 Å². The molecule has 0 aliphatic carbocycles. The molecule has 1 aliphatic rings. The van der Waals surface area contributed by atoms with E-state index in [-0.39, 0.29) is 11.3 Å². The summed E-state index contributed by atoms with van der Waals surface area (Å²) in [5.74, 6) is -1.46. The van der Waals surface area contributed by atoms with E-state index in [0.717, 1.165) is 11.1 Å². The molecule has 0 radical (unpaired) electrons. The van der Waals surface area contributed by atoms with Crippen LogP contribution in [-0.4, -0.2) is 46.9 Å². The van der Waals surface area contributed by atoms with Crippen LogP contribution in [0.3, 0.4) is 0 Å². The second kappa shape index (κ2) is 8.14. The molecule has 0 saturated carbocycles. The fourth-order valence-electron chi connectivity index (χ4n) is 3.37. The highest BCUT2D eigenvalue weighted by Crippen LogP contribution is 2.40. The number of methoxy groups -OCH3 is 1. The molecule has 1 N–H and O–H groups in total. The first-order chi connectivity index (χ1) is 13.1. The number of aryl methyl sites for hydroxylation is 1. The number of pyridine rings is 1. The number of hydrogen-bond donors (Lipinski definition) is 1. The number of aromatic nitrogens is 1. The molecule has 2 aromatic rings. The van der Waals surface area contributed by atoms with E-state index in [9.17, 15) is 14.7 Å². The lowest BCUT2D eigenvalue weighted by atomic mass is 9.93. The van der Waals surface area contributed by atoms with Gasteiger partial charge in [-0.3, -0.25) is 14.6 Å². The molecule has 1 atom stereocenters. The van der Waals surface area contributed by atoms with Gasteiger partial charge in [0.05, 0.1) is 11.6 Å². The summed E-state index contributed by atoms with van der Waals surface area (Å²) in [5, 5.41) is 10.8. The number of carbonyl (C=O) groups is 2. The summed E-state index contributed by atoms with van der Waals surface area (Å²) < 4.78 is 5.08. The van der Waals surface area contributed by atoms with Crippen molar-refractivity contribution in [3.63, 3.8) is 0 Å². The summed E-state index contributed by atoms with van der Waals surface area (Å²) in [4.78, 5) is 31.0. The number of amides is 1. The van der Waals surface area contributed by atoms with Gasteiger partial charge in [-0.1, -0.05) is 24.3 Å². The first-order valence-electron chi connectivity index (χ1n) is 8.79. The number of benzene rings is 1. The Morgan fingerprint density at radius 3 is 2.56 bits per heavy atom. The second-order valence-electron chi connectivity index (χ2n) is 6.43. The number of carbonyl (C=O) groups excluding carboxylic acids is 2. The minimum Gasteiger partial charge on any atom is -0.507 e. The lowest BCUT2D eigenvalue weighted by molar-refractivity contribution is -0.140. The molecule has 1 amide bonds. The van der Waals surface area contributed by atoms with Crippen LogP contribution in [-0.2, 0) is 14.3 Å². The summed E-state index contributed by atoms with van der Waals surface area (Å²) in [6, 6.07) is 10.2. The maximum atomic E-state index is 12.8. The zero-order chi connectivity index (χ0) is 19.4. The van der Waals surface area contributed by atoms with E-state index in [0.29, 0.717) is 25.1 Å². The van der Waals surface area contributed by atoms with E-state index >= 15 is 0 Å². The van der Waals surface area contributed by atoms with Crippen LogP contribution >= 0.6 is 0 Å². The van der Waals surface area contributed by atoms with E-state index < -0.39 is 17.7 Å². The number of aliphatic hydroxyl groups is 1. The van der Waals surface area contributed by atoms with Crippen molar-refractivity contribution in [3.05, 3.63) is 71.1 Å². The number of aliphatic hydroxyl groups excluding tert-OH is 1. The smallest absolute Gasteiger partial charge is 0.295 e. The molecule has 6 nitrogen and oxygen atoms in total. The highest BCUT2D eigenvalue weighted by atomic mass is 16.5. The zero-order valence-corrected chi connectivity index (χ0v) is 15.4. The van der Waals surface area contributed by atoms with Gasteiger partial charge < -0.3 is 14.7 Å². The van der Waals surface area contributed by atoms with E-state index in [2.05, 4.69) is 4.98 Å². The van der Waals surface area contributed by atoms with Gasteiger partial charge in [-0.25, -0.2) is 0 Å². The van der Waals surface area contributed by atoms with Crippen LogP contribution in [0.5, 0.6) is 0 Å².